The van der Waals surface area contributed by atoms with Crippen LogP contribution in [0.2, 0.25) is 0 Å². The molecule has 2 heterocycles. The van der Waals surface area contributed by atoms with Crippen molar-refractivity contribution in [3.8, 4) is 6.07 Å². The van der Waals surface area contributed by atoms with Crippen LogP contribution in [0.4, 0.5) is 11.5 Å². The van der Waals surface area contributed by atoms with Gasteiger partial charge in [-0.25, -0.2) is 18.5 Å². The molecule has 2 aromatic rings. The Balaban J connectivity index is 1.67. The fourth-order valence-electron chi connectivity index (χ4n) is 3.15. The average Bonchev–Trinajstić information content (AvgIpc) is 2.95. The molecule has 3 rings (SSSR count). The van der Waals surface area contributed by atoms with Crippen molar-refractivity contribution in [1.29, 1.82) is 5.26 Å². The summed E-state index contributed by atoms with van der Waals surface area (Å²) in [5.74, 6) is 0.996. The maximum Gasteiger partial charge on any atom is 0.238 e. The molecule has 0 radical (unpaired) electrons. The number of aromatic nitrogens is 1. The minimum atomic E-state index is -3.83. The summed E-state index contributed by atoms with van der Waals surface area (Å²) in [5, 5.41) is 17.5. The highest BCUT2D eigenvalue weighted by atomic mass is 32.2. The van der Waals surface area contributed by atoms with Gasteiger partial charge in [-0.2, -0.15) is 5.26 Å². The number of nitrogens with one attached hydrogen (secondary N) is 1. The summed E-state index contributed by atoms with van der Waals surface area (Å²) in [6.07, 6.45) is 6.80. The molecule has 0 bridgehead atoms. The first kappa shape index (κ1) is 19.1. The summed E-state index contributed by atoms with van der Waals surface area (Å²) in [6.45, 7) is 2.58. The zero-order chi connectivity index (χ0) is 19.3. The molecule has 3 N–H and O–H groups in total. The van der Waals surface area contributed by atoms with Crippen LogP contribution in [0.5, 0.6) is 0 Å². The minimum Gasteiger partial charge on any atom is -0.380 e. The lowest BCUT2D eigenvalue weighted by molar-refractivity contribution is 0.598. The second-order valence-corrected chi connectivity index (χ2v) is 8.21. The third kappa shape index (κ3) is 4.96. The molecule has 1 aliphatic heterocycles. The van der Waals surface area contributed by atoms with Crippen LogP contribution >= 0.6 is 0 Å². The van der Waals surface area contributed by atoms with Crippen LogP contribution < -0.4 is 15.4 Å². The van der Waals surface area contributed by atoms with Crippen molar-refractivity contribution in [2.45, 2.75) is 37.1 Å². The van der Waals surface area contributed by atoms with Gasteiger partial charge in [0.05, 0.1) is 16.1 Å². The predicted molar refractivity (Wildman–Crippen MR) is 105 cm³/mol. The van der Waals surface area contributed by atoms with Crippen LogP contribution in [-0.2, 0) is 16.6 Å². The number of hydrogen-bond acceptors (Lipinski definition) is 6. The van der Waals surface area contributed by atoms with E-state index in [1.54, 1.807) is 6.07 Å². The maximum absolute atomic E-state index is 11.4. The summed E-state index contributed by atoms with van der Waals surface area (Å²) in [6, 6.07) is 10.3. The van der Waals surface area contributed by atoms with E-state index in [0.29, 0.717) is 12.2 Å². The number of nitriles is 1. The zero-order valence-corrected chi connectivity index (χ0v) is 15.9. The molecular weight excluding hydrogens is 362 g/mol. The number of nitrogens with two attached hydrogens (primary N) is 1. The number of benzene rings is 1. The molecule has 7 nitrogen and oxygen atoms in total. The molecule has 8 heteroatoms. The topological polar surface area (TPSA) is 112 Å². The fraction of sp³-hybridized carbons (Fsp3) is 0.368. The Morgan fingerprint density at radius 2 is 1.89 bits per heavy atom. The Morgan fingerprint density at radius 3 is 2.48 bits per heavy atom. The van der Waals surface area contributed by atoms with Crippen LogP contribution in [0.15, 0.2) is 41.4 Å². The largest absolute Gasteiger partial charge is 0.380 e. The summed E-state index contributed by atoms with van der Waals surface area (Å²) in [4.78, 5) is 6.82. The smallest absolute Gasteiger partial charge is 0.238 e. The fourth-order valence-corrected chi connectivity index (χ4v) is 3.69. The molecule has 0 atom stereocenters. The third-order valence-electron chi connectivity index (χ3n) is 4.66. The van der Waals surface area contributed by atoms with Crippen molar-refractivity contribution in [2.24, 2.45) is 5.14 Å². The molecule has 27 heavy (non-hydrogen) atoms. The molecule has 1 aromatic carbocycles. The number of primary sulfonamides is 1. The predicted octanol–water partition coefficient (Wildman–Crippen LogP) is 2.59. The summed E-state index contributed by atoms with van der Waals surface area (Å²) in [5.41, 5.74) is 1.77. The molecule has 1 fully saturated rings. The number of nitrogens with zero attached hydrogens (tertiary/aromatic N) is 3. The molecular formula is C19H23N5O2S. The first-order chi connectivity index (χ1) is 13.0. The van der Waals surface area contributed by atoms with Crippen LogP contribution in [0, 0.1) is 11.3 Å². The van der Waals surface area contributed by atoms with E-state index in [0.717, 1.165) is 24.5 Å². The number of anilines is 2. The highest BCUT2D eigenvalue weighted by Gasteiger charge is 2.12. The van der Waals surface area contributed by atoms with Crippen molar-refractivity contribution in [1.82, 2.24) is 4.98 Å². The van der Waals surface area contributed by atoms with Crippen molar-refractivity contribution in [3.05, 3.63) is 47.7 Å². The van der Waals surface area contributed by atoms with Crippen molar-refractivity contribution >= 4 is 21.5 Å². The minimum absolute atomic E-state index is 0.0759. The van der Waals surface area contributed by atoms with Gasteiger partial charge in [0, 0.05) is 25.8 Å². The molecule has 0 aliphatic carbocycles. The van der Waals surface area contributed by atoms with Crippen LogP contribution in [0.3, 0.4) is 0 Å². The summed E-state index contributed by atoms with van der Waals surface area (Å²) in [7, 11) is -3.83. The van der Waals surface area contributed by atoms with E-state index in [-0.39, 0.29) is 10.5 Å². The lowest BCUT2D eigenvalue weighted by atomic mass is 10.2. The normalized spacial score (nSPS) is 15.0. The molecule has 1 saturated heterocycles. The second kappa shape index (κ2) is 8.37. The lowest BCUT2D eigenvalue weighted by Crippen LogP contribution is -2.24. The van der Waals surface area contributed by atoms with Crippen molar-refractivity contribution < 1.29 is 8.42 Å². The SMILES string of the molecule is N#Cc1cc(S(N)(=O)=O)ccc1NCc1ccc(N2CCCCCC2)nc1. The van der Waals surface area contributed by atoms with Gasteiger partial charge in [0.1, 0.15) is 11.9 Å². The highest BCUT2D eigenvalue weighted by molar-refractivity contribution is 7.89. The number of pyridine rings is 1. The Hall–Kier alpha value is -2.63. The molecule has 0 unspecified atom stereocenters. The molecule has 142 valence electrons. The molecule has 1 aliphatic rings. The standard InChI is InChI=1S/C19H23N5O2S/c20-12-16-11-17(27(21,25)26)6-7-18(16)22-13-15-5-8-19(23-14-15)24-9-3-1-2-4-10-24/h5-8,11,14,22H,1-4,9-10,13H2,(H2,21,25,26). The first-order valence-corrected chi connectivity index (χ1v) is 10.5. The van der Waals surface area contributed by atoms with Gasteiger partial charge < -0.3 is 10.2 Å². The van der Waals surface area contributed by atoms with E-state index in [2.05, 4.69) is 15.2 Å². The Morgan fingerprint density at radius 1 is 1.15 bits per heavy atom. The number of sulfonamides is 1. The van der Waals surface area contributed by atoms with Crippen LogP contribution in [0.25, 0.3) is 0 Å². The zero-order valence-electron chi connectivity index (χ0n) is 15.1. The van der Waals surface area contributed by atoms with Gasteiger partial charge in [-0.1, -0.05) is 18.9 Å². The third-order valence-corrected chi connectivity index (χ3v) is 5.57. The van der Waals surface area contributed by atoms with E-state index in [1.807, 2.05) is 24.4 Å². The molecule has 0 saturated carbocycles. The average molecular weight is 385 g/mol. The van der Waals surface area contributed by atoms with Gasteiger partial charge in [-0.05, 0) is 42.7 Å². The monoisotopic (exact) mass is 385 g/mol. The van der Waals surface area contributed by atoms with E-state index in [1.165, 1.54) is 37.8 Å². The van der Waals surface area contributed by atoms with Crippen LogP contribution in [-0.4, -0.2) is 26.5 Å². The number of hydrogen-bond donors (Lipinski definition) is 2. The quantitative estimate of drug-likeness (QED) is 0.818. The molecule has 1 aromatic heterocycles. The summed E-state index contributed by atoms with van der Waals surface area (Å²) < 4.78 is 22.8. The van der Waals surface area contributed by atoms with E-state index >= 15 is 0 Å². The first-order valence-electron chi connectivity index (χ1n) is 8.98. The van der Waals surface area contributed by atoms with E-state index < -0.39 is 10.0 Å². The van der Waals surface area contributed by atoms with Gasteiger partial charge >= 0.3 is 0 Å². The Bertz CT molecular complexity index is 928. The summed E-state index contributed by atoms with van der Waals surface area (Å²) >= 11 is 0. The highest BCUT2D eigenvalue weighted by Crippen LogP contribution is 2.21. The van der Waals surface area contributed by atoms with E-state index in [4.69, 9.17) is 5.14 Å². The van der Waals surface area contributed by atoms with Crippen molar-refractivity contribution in [3.63, 3.8) is 0 Å². The van der Waals surface area contributed by atoms with Gasteiger partial charge in [-0.15, -0.1) is 0 Å². The Labute approximate surface area is 159 Å². The van der Waals surface area contributed by atoms with E-state index in [9.17, 15) is 13.7 Å². The Kier molecular flexibility index (Phi) is 5.94. The van der Waals surface area contributed by atoms with Crippen molar-refractivity contribution in [2.75, 3.05) is 23.3 Å². The van der Waals surface area contributed by atoms with Crippen LogP contribution in [0.1, 0.15) is 36.8 Å². The lowest BCUT2D eigenvalue weighted by Gasteiger charge is -2.21. The van der Waals surface area contributed by atoms with Gasteiger partial charge in [0.15, 0.2) is 0 Å². The molecule has 0 amide bonds. The van der Waals surface area contributed by atoms with Gasteiger partial charge in [-0.3, -0.25) is 0 Å². The van der Waals surface area contributed by atoms with Gasteiger partial charge in [0.2, 0.25) is 10.0 Å². The van der Waals surface area contributed by atoms with Gasteiger partial charge in [0.25, 0.3) is 0 Å². The maximum atomic E-state index is 11.4. The molecule has 0 spiro atoms. The number of rotatable bonds is 5. The second-order valence-electron chi connectivity index (χ2n) is 6.64.